The number of carbonyl (C=O) groups excluding carboxylic acids is 1. The quantitative estimate of drug-likeness (QED) is 0.540. The van der Waals surface area contributed by atoms with Gasteiger partial charge in [-0.25, -0.2) is 9.97 Å². The molecule has 1 aromatic carbocycles. The van der Waals surface area contributed by atoms with Gasteiger partial charge in [0.2, 0.25) is 11.9 Å². The van der Waals surface area contributed by atoms with Crippen LogP contribution in [0, 0.1) is 25.2 Å². The lowest BCUT2D eigenvalue weighted by Crippen LogP contribution is -2.49. The molecule has 0 bridgehead atoms. The number of nitriles is 1. The summed E-state index contributed by atoms with van der Waals surface area (Å²) in [6.07, 6.45) is 3.65. The van der Waals surface area contributed by atoms with Gasteiger partial charge in [-0.3, -0.25) is 9.48 Å². The first-order valence-corrected chi connectivity index (χ1v) is 12.2. The van der Waals surface area contributed by atoms with E-state index in [1.54, 1.807) is 4.68 Å². The molecule has 10 nitrogen and oxygen atoms in total. The number of piperazine rings is 1. The van der Waals surface area contributed by atoms with Gasteiger partial charge in [0, 0.05) is 74.2 Å². The Balaban J connectivity index is 1.30. The predicted molar refractivity (Wildman–Crippen MR) is 136 cm³/mol. The van der Waals surface area contributed by atoms with Gasteiger partial charge >= 0.3 is 0 Å². The van der Waals surface area contributed by atoms with Crippen LogP contribution in [-0.4, -0.2) is 83.0 Å². The maximum atomic E-state index is 12.9. The van der Waals surface area contributed by atoms with E-state index in [1.165, 1.54) is 0 Å². The number of anilines is 2. The fourth-order valence-corrected chi connectivity index (χ4v) is 4.76. The lowest BCUT2D eigenvalue weighted by atomic mass is 10.0. The molecule has 0 radical (unpaired) electrons. The van der Waals surface area contributed by atoms with Gasteiger partial charge in [-0.1, -0.05) is 0 Å². The summed E-state index contributed by atoms with van der Waals surface area (Å²) >= 11 is 0. The van der Waals surface area contributed by atoms with Crippen molar-refractivity contribution in [1.82, 2.24) is 24.6 Å². The van der Waals surface area contributed by atoms with Crippen LogP contribution in [0.2, 0.25) is 0 Å². The first kappa shape index (κ1) is 23.8. The fraction of sp³-hybridized carbons (Fsp3) is 0.423. The summed E-state index contributed by atoms with van der Waals surface area (Å²) in [5.41, 5.74) is 5.29. The molecular weight excluding hydrogens is 456 g/mol. The Bertz CT molecular complexity index is 1270. The number of aryl methyl sites for hydroxylation is 2. The number of hydrogen-bond acceptors (Lipinski definition) is 8. The third kappa shape index (κ3) is 5.02. The molecule has 0 N–H and O–H groups in total. The molecule has 3 aromatic rings. The molecular formula is C26H30N8O2. The van der Waals surface area contributed by atoms with Gasteiger partial charge in [-0.05, 0) is 38.1 Å². The fourth-order valence-electron chi connectivity index (χ4n) is 4.76. The molecule has 10 heteroatoms. The normalized spacial score (nSPS) is 16.2. The Hall–Kier alpha value is -3.97. The second kappa shape index (κ2) is 10.3. The summed E-state index contributed by atoms with van der Waals surface area (Å²) < 4.78 is 7.19. The molecule has 1 amide bonds. The van der Waals surface area contributed by atoms with Crippen LogP contribution in [0.15, 0.2) is 36.7 Å². The van der Waals surface area contributed by atoms with Gasteiger partial charge in [0.05, 0.1) is 30.5 Å². The highest BCUT2D eigenvalue weighted by atomic mass is 16.5. The number of hydrogen-bond donors (Lipinski definition) is 0. The van der Waals surface area contributed by atoms with Gasteiger partial charge in [0.15, 0.2) is 0 Å². The number of carbonyl (C=O) groups is 1. The lowest BCUT2D eigenvalue weighted by molar-refractivity contribution is -0.132. The second-order valence-electron chi connectivity index (χ2n) is 9.17. The largest absolute Gasteiger partial charge is 0.378 e. The summed E-state index contributed by atoms with van der Waals surface area (Å²) in [5, 5.41) is 13.9. The molecule has 0 aliphatic carbocycles. The Morgan fingerprint density at radius 3 is 2.36 bits per heavy atom. The molecule has 2 aromatic heterocycles. The molecule has 2 aliphatic rings. The van der Waals surface area contributed by atoms with Gasteiger partial charge in [0.25, 0.3) is 0 Å². The van der Waals surface area contributed by atoms with Gasteiger partial charge in [-0.2, -0.15) is 10.4 Å². The third-order valence-corrected chi connectivity index (χ3v) is 6.73. The van der Waals surface area contributed by atoms with Crippen LogP contribution in [0.25, 0.3) is 11.1 Å². The number of rotatable bonds is 5. The van der Waals surface area contributed by atoms with Crippen molar-refractivity contribution < 1.29 is 9.53 Å². The number of nitrogens with zero attached hydrogens (tertiary/aromatic N) is 8. The Morgan fingerprint density at radius 2 is 1.72 bits per heavy atom. The minimum atomic E-state index is 0.0769. The SMILES string of the molecule is Cc1cc(C)n(CC(=O)N2CCN(c3ccc(C#N)cc3-c3cnc(N4CCOCC4)nc3)CC2)n1. The number of benzene rings is 1. The molecule has 0 saturated carbocycles. The summed E-state index contributed by atoms with van der Waals surface area (Å²) in [7, 11) is 0. The van der Waals surface area contributed by atoms with E-state index in [9.17, 15) is 10.1 Å². The molecule has 0 spiro atoms. The smallest absolute Gasteiger partial charge is 0.244 e. The molecule has 4 heterocycles. The number of aromatic nitrogens is 4. The van der Waals surface area contributed by atoms with Crippen molar-refractivity contribution in [2.24, 2.45) is 0 Å². The van der Waals surface area contributed by atoms with Crippen LogP contribution in [0.3, 0.4) is 0 Å². The van der Waals surface area contributed by atoms with E-state index < -0.39 is 0 Å². The second-order valence-corrected chi connectivity index (χ2v) is 9.17. The van der Waals surface area contributed by atoms with Crippen LogP contribution in [0.5, 0.6) is 0 Å². The average Bonchev–Trinajstić information content (AvgIpc) is 3.25. The lowest BCUT2D eigenvalue weighted by Gasteiger charge is -2.37. The summed E-state index contributed by atoms with van der Waals surface area (Å²) in [5.74, 6) is 0.766. The minimum Gasteiger partial charge on any atom is -0.378 e. The average molecular weight is 487 g/mol. The molecule has 0 unspecified atom stereocenters. The molecule has 2 fully saturated rings. The Kier molecular flexibility index (Phi) is 6.82. The highest BCUT2D eigenvalue weighted by Crippen LogP contribution is 2.32. The van der Waals surface area contributed by atoms with Crippen molar-refractivity contribution >= 4 is 17.5 Å². The van der Waals surface area contributed by atoms with Crippen molar-refractivity contribution in [2.45, 2.75) is 20.4 Å². The zero-order valence-corrected chi connectivity index (χ0v) is 20.7. The van der Waals surface area contributed by atoms with E-state index in [0.29, 0.717) is 50.9 Å². The van der Waals surface area contributed by atoms with Crippen molar-refractivity contribution in [2.75, 3.05) is 62.3 Å². The van der Waals surface area contributed by atoms with E-state index in [0.717, 1.165) is 41.3 Å². The first-order valence-electron chi connectivity index (χ1n) is 12.2. The van der Waals surface area contributed by atoms with E-state index in [4.69, 9.17) is 4.74 Å². The number of ether oxygens (including phenoxy) is 1. The zero-order chi connectivity index (χ0) is 25.1. The monoisotopic (exact) mass is 486 g/mol. The predicted octanol–water partition coefficient (Wildman–Crippen LogP) is 2.01. The Morgan fingerprint density at radius 1 is 1.00 bits per heavy atom. The van der Waals surface area contributed by atoms with E-state index >= 15 is 0 Å². The van der Waals surface area contributed by atoms with E-state index in [1.807, 2.05) is 55.4 Å². The first-order chi connectivity index (χ1) is 17.5. The minimum absolute atomic E-state index is 0.0769. The van der Waals surface area contributed by atoms with Crippen LogP contribution in [0.1, 0.15) is 17.0 Å². The molecule has 2 aliphatic heterocycles. The third-order valence-electron chi connectivity index (χ3n) is 6.73. The van der Waals surface area contributed by atoms with Gasteiger partial charge in [0.1, 0.15) is 6.54 Å². The molecule has 2 saturated heterocycles. The number of morpholine rings is 1. The molecule has 36 heavy (non-hydrogen) atoms. The Labute approximate surface area is 210 Å². The van der Waals surface area contributed by atoms with Gasteiger partial charge < -0.3 is 19.4 Å². The molecule has 0 atom stereocenters. The van der Waals surface area contributed by atoms with E-state index in [2.05, 4.69) is 30.9 Å². The standard InChI is InChI=1S/C26H30N8O2/c1-19-13-20(2)34(30-19)18-25(35)32-7-5-31(6-8-32)24-4-3-21(15-27)14-23(24)22-16-28-26(29-17-22)33-9-11-36-12-10-33/h3-4,13-14,16-17H,5-12,18H2,1-2H3. The van der Waals surface area contributed by atoms with Crippen LogP contribution in [-0.2, 0) is 16.1 Å². The topological polar surface area (TPSA) is 103 Å². The molecule has 5 rings (SSSR count). The summed E-state index contributed by atoms with van der Waals surface area (Å²) in [6.45, 7) is 9.72. The summed E-state index contributed by atoms with van der Waals surface area (Å²) in [6, 6.07) is 9.93. The maximum absolute atomic E-state index is 12.9. The number of amides is 1. The van der Waals surface area contributed by atoms with Crippen molar-refractivity contribution in [1.29, 1.82) is 5.26 Å². The van der Waals surface area contributed by atoms with Crippen LogP contribution in [0.4, 0.5) is 11.6 Å². The van der Waals surface area contributed by atoms with Crippen LogP contribution < -0.4 is 9.80 Å². The van der Waals surface area contributed by atoms with Crippen molar-refractivity contribution in [3.05, 3.63) is 53.6 Å². The zero-order valence-electron chi connectivity index (χ0n) is 20.7. The van der Waals surface area contributed by atoms with Gasteiger partial charge in [-0.15, -0.1) is 0 Å². The molecule has 186 valence electrons. The highest BCUT2D eigenvalue weighted by molar-refractivity contribution is 5.80. The maximum Gasteiger partial charge on any atom is 0.244 e. The van der Waals surface area contributed by atoms with Crippen LogP contribution >= 0.6 is 0 Å². The van der Waals surface area contributed by atoms with Crippen molar-refractivity contribution in [3.63, 3.8) is 0 Å². The highest BCUT2D eigenvalue weighted by Gasteiger charge is 2.24. The van der Waals surface area contributed by atoms with Crippen molar-refractivity contribution in [3.8, 4) is 17.2 Å². The summed E-state index contributed by atoms with van der Waals surface area (Å²) in [4.78, 5) is 28.4. The van der Waals surface area contributed by atoms with E-state index in [-0.39, 0.29) is 12.5 Å².